The summed E-state index contributed by atoms with van der Waals surface area (Å²) in [6.07, 6.45) is 0. The van der Waals surface area contributed by atoms with Crippen LogP contribution in [0.25, 0.3) is 0 Å². The Labute approximate surface area is 161 Å². The Hall–Kier alpha value is -2.66. The first-order valence-corrected chi connectivity index (χ1v) is 9.39. The van der Waals surface area contributed by atoms with Gasteiger partial charge in [-0.1, -0.05) is 62.4 Å². The van der Waals surface area contributed by atoms with Gasteiger partial charge in [0.1, 0.15) is 6.04 Å². The van der Waals surface area contributed by atoms with E-state index in [4.69, 9.17) is 0 Å². The molecule has 2 aromatic rings. The van der Waals surface area contributed by atoms with Crippen molar-refractivity contribution in [2.75, 3.05) is 18.4 Å². The van der Waals surface area contributed by atoms with E-state index in [0.29, 0.717) is 5.92 Å². The number of nitrogens with one attached hydrogen (secondary N) is 2. The molecule has 0 aliphatic rings. The molecule has 0 unspecified atom stereocenters. The molecule has 2 rings (SSSR count). The first kappa shape index (κ1) is 20.6. The van der Waals surface area contributed by atoms with Crippen molar-refractivity contribution in [2.45, 2.75) is 33.7 Å². The van der Waals surface area contributed by atoms with E-state index in [1.807, 2.05) is 55.6 Å². The number of amides is 2. The molecule has 0 aliphatic heterocycles. The quantitative estimate of drug-likeness (QED) is 0.669. The molecule has 144 valence electrons. The minimum absolute atomic E-state index is 0.0296. The number of anilines is 1. The molecule has 1 atom stereocenters. The molecule has 5 heteroatoms. The highest BCUT2D eigenvalue weighted by atomic mass is 16.2. The van der Waals surface area contributed by atoms with E-state index in [1.165, 1.54) is 5.56 Å². The molecule has 4 N–H and O–H groups in total. The van der Waals surface area contributed by atoms with Crippen LogP contribution in [0.2, 0.25) is 0 Å². The summed E-state index contributed by atoms with van der Waals surface area (Å²) in [7, 11) is 0. The van der Waals surface area contributed by atoms with Crippen molar-refractivity contribution >= 4 is 17.5 Å². The van der Waals surface area contributed by atoms with Crippen LogP contribution in [0, 0.1) is 19.8 Å². The third-order valence-corrected chi connectivity index (χ3v) is 4.65. The molecule has 0 aromatic heterocycles. The van der Waals surface area contributed by atoms with Crippen molar-refractivity contribution in [3.8, 4) is 0 Å². The number of rotatable bonds is 8. The molecule has 5 nitrogen and oxygen atoms in total. The fourth-order valence-electron chi connectivity index (χ4n) is 3.15. The molecule has 0 fully saturated rings. The van der Waals surface area contributed by atoms with Crippen molar-refractivity contribution in [1.82, 2.24) is 5.32 Å². The summed E-state index contributed by atoms with van der Waals surface area (Å²) in [6, 6.07) is 16.2. The predicted octanol–water partition coefficient (Wildman–Crippen LogP) is 2.32. The van der Waals surface area contributed by atoms with Gasteiger partial charge in [-0.2, -0.15) is 0 Å². The maximum Gasteiger partial charge on any atom is 0.275 e. The number of carbonyl (C=O) groups is 2. The fourth-order valence-corrected chi connectivity index (χ4v) is 3.15. The fraction of sp³-hybridized carbons (Fsp3) is 0.364. The zero-order valence-electron chi connectivity index (χ0n) is 16.6. The van der Waals surface area contributed by atoms with E-state index in [9.17, 15) is 9.59 Å². The van der Waals surface area contributed by atoms with E-state index >= 15 is 0 Å². The standard InChI is InChI=1S/C22H29N3O2/c1-15(2)21(18-11-6-5-7-12-18)24-13-19(26)23-14-20(27)25-22-16(3)9-8-10-17(22)4/h5-12,15,21,24H,13-14H2,1-4H3,(H,23,26)(H,25,27)/p+1/t21-/m0/s1. The largest absolute Gasteiger partial charge is 0.342 e. The summed E-state index contributed by atoms with van der Waals surface area (Å²) in [5.41, 5.74) is 4.02. The first-order chi connectivity index (χ1) is 12.9. The number of benzene rings is 2. The number of quaternary nitrogens is 1. The van der Waals surface area contributed by atoms with E-state index in [1.54, 1.807) is 0 Å². The molecule has 0 bridgehead atoms. The van der Waals surface area contributed by atoms with Crippen LogP contribution in [-0.4, -0.2) is 24.9 Å². The lowest BCUT2D eigenvalue weighted by molar-refractivity contribution is -0.692. The van der Waals surface area contributed by atoms with Gasteiger partial charge in [-0.3, -0.25) is 9.59 Å². The summed E-state index contributed by atoms with van der Waals surface area (Å²) in [5.74, 6) is 0.0324. The van der Waals surface area contributed by atoms with E-state index < -0.39 is 0 Å². The molecule has 0 heterocycles. The third-order valence-electron chi connectivity index (χ3n) is 4.65. The lowest BCUT2D eigenvalue weighted by Crippen LogP contribution is -2.88. The average Bonchev–Trinajstić information content (AvgIpc) is 2.64. The predicted molar refractivity (Wildman–Crippen MR) is 108 cm³/mol. The smallest absolute Gasteiger partial charge is 0.275 e. The Morgan fingerprint density at radius 2 is 1.56 bits per heavy atom. The number of aryl methyl sites for hydroxylation is 2. The third kappa shape index (κ3) is 6.22. The van der Waals surface area contributed by atoms with Crippen molar-refractivity contribution < 1.29 is 14.9 Å². The second kappa shape index (κ2) is 9.88. The number of nitrogens with two attached hydrogens (primary N) is 1. The van der Waals surface area contributed by atoms with Crippen LogP contribution in [0.15, 0.2) is 48.5 Å². The Morgan fingerprint density at radius 3 is 2.15 bits per heavy atom. The van der Waals surface area contributed by atoms with Gasteiger partial charge in [-0.15, -0.1) is 0 Å². The molecule has 0 saturated carbocycles. The molecular formula is C22H30N3O2+. The topological polar surface area (TPSA) is 74.8 Å². The lowest BCUT2D eigenvalue weighted by Gasteiger charge is -2.19. The summed E-state index contributed by atoms with van der Waals surface area (Å²) >= 11 is 0. The van der Waals surface area contributed by atoms with Crippen molar-refractivity contribution in [3.63, 3.8) is 0 Å². The normalized spacial score (nSPS) is 11.9. The first-order valence-electron chi connectivity index (χ1n) is 9.39. The van der Waals surface area contributed by atoms with Crippen molar-refractivity contribution in [1.29, 1.82) is 0 Å². The monoisotopic (exact) mass is 368 g/mol. The highest BCUT2D eigenvalue weighted by Crippen LogP contribution is 2.19. The van der Waals surface area contributed by atoms with Gasteiger partial charge in [0, 0.05) is 17.2 Å². The van der Waals surface area contributed by atoms with E-state index in [2.05, 4.69) is 36.6 Å². The second-order valence-electron chi connectivity index (χ2n) is 7.21. The molecular weight excluding hydrogens is 338 g/mol. The van der Waals surface area contributed by atoms with Crippen LogP contribution < -0.4 is 16.0 Å². The summed E-state index contributed by atoms with van der Waals surface area (Å²) in [4.78, 5) is 24.3. The maximum absolute atomic E-state index is 12.2. The zero-order chi connectivity index (χ0) is 19.8. The molecule has 27 heavy (non-hydrogen) atoms. The van der Waals surface area contributed by atoms with Crippen LogP contribution in [-0.2, 0) is 9.59 Å². The Morgan fingerprint density at radius 1 is 0.926 bits per heavy atom. The van der Waals surface area contributed by atoms with Gasteiger partial charge < -0.3 is 16.0 Å². The molecule has 2 aromatic carbocycles. The maximum atomic E-state index is 12.2. The van der Waals surface area contributed by atoms with Gasteiger partial charge in [0.2, 0.25) is 5.91 Å². The molecule has 0 saturated heterocycles. The molecule has 2 amide bonds. The zero-order valence-corrected chi connectivity index (χ0v) is 16.6. The lowest BCUT2D eigenvalue weighted by atomic mass is 9.96. The Balaban J connectivity index is 1.82. The molecule has 0 spiro atoms. The van der Waals surface area contributed by atoms with E-state index in [0.717, 1.165) is 16.8 Å². The van der Waals surface area contributed by atoms with Gasteiger partial charge in [-0.05, 0) is 25.0 Å². The summed E-state index contributed by atoms with van der Waals surface area (Å²) in [6.45, 7) is 8.44. The van der Waals surface area contributed by atoms with Gasteiger partial charge in [-0.25, -0.2) is 0 Å². The molecule has 0 radical (unpaired) electrons. The second-order valence-corrected chi connectivity index (χ2v) is 7.21. The van der Waals surface area contributed by atoms with Crippen molar-refractivity contribution in [2.24, 2.45) is 5.92 Å². The summed E-state index contributed by atoms with van der Waals surface area (Å²) < 4.78 is 0. The number of hydrogen-bond acceptors (Lipinski definition) is 2. The average molecular weight is 369 g/mol. The SMILES string of the molecule is Cc1cccc(C)c1NC(=O)CNC(=O)C[NH2+][C@H](c1ccccc1)C(C)C. The van der Waals surface area contributed by atoms with Crippen LogP contribution in [0.3, 0.4) is 0 Å². The Bertz CT molecular complexity index is 752. The number of para-hydroxylation sites is 1. The van der Waals surface area contributed by atoms with Gasteiger partial charge >= 0.3 is 0 Å². The highest BCUT2D eigenvalue weighted by molar-refractivity contribution is 5.95. The van der Waals surface area contributed by atoms with Crippen LogP contribution >= 0.6 is 0 Å². The highest BCUT2D eigenvalue weighted by Gasteiger charge is 2.20. The van der Waals surface area contributed by atoms with Gasteiger partial charge in [0.15, 0.2) is 6.54 Å². The van der Waals surface area contributed by atoms with Gasteiger partial charge in [0.25, 0.3) is 5.91 Å². The van der Waals surface area contributed by atoms with Crippen LogP contribution in [0.1, 0.15) is 36.6 Å². The minimum atomic E-state index is -0.218. The van der Waals surface area contributed by atoms with E-state index in [-0.39, 0.29) is 30.9 Å². The number of hydrogen-bond donors (Lipinski definition) is 3. The van der Waals surface area contributed by atoms with Crippen LogP contribution in [0.4, 0.5) is 5.69 Å². The Kier molecular flexibility index (Phi) is 7.55. The number of carbonyl (C=O) groups excluding carboxylic acids is 2. The van der Waals surface area contributed by atoms with Crippen molar-refractivity contribution in [3.05, 3.63) is 65.2 Å². The summed E-state index contributed by atoms with van der Waals surface area (Å²) in [5, 5.41) is 7.61. The van der Waals surface area contributed by atoms with Crippen LogP contribution in [0.5, 0.6) is 0 Å². The molecule has 0 aliphatic carbocycles. The van der Waals surface area contributed by atoms with Gasteiger partial charge in [0.05, 0.1) is 6.54 Å². The minimum Gasteiger partial charge on any atom is -0.342 e.